The van der Waals surface area contributed by atoms with E-state index in [1.165, 1.54) is 12.8 Å². The Labute approximate surface area is 411 Å². The molecule has 376 valence electrons. The number of hydrogen-bond acceptors (Lipinski definition) is 11. The lowest BCUT2D eigenvalue weighted by Crippen LogP contribution is -2.65. The lowest BCUT2D eigenvalue weighted by Gasteiger charge is -2.64. The SMILES string of the molecule is CC(C)(C)OC(=O)N1CC[C@H](COC(=O)N[C@@H](Cc2ccccc2)B2O[C@@H]3C[C@@H]4C[C@@H](C4(C)C)[C@]3(C)O2)C1.CC1(C)[C@@H]2C[C@H]3OB([C@H](Cc4ccccc4)NC(=O)OC[C@H]4CCNC4)O[C@@]3(C)[C@H]1C2. The molecule has 12 rings (SSSR count). The van der Waals surface area contributed by atoms with E-state index < -0.39 is 25.9 Å². The summed E-state index contributed by atoms with van der Waals surface area (Å²) in [6, 6.07) is 20.3. The minimum Gasteiger partial charge on any atom is -0.449 e. The molecule has 4 bridgehead atoms. The van der Waals surface area contributed by atoms with Crippen molar-refractivity contribution in [1.82, 2.24) is 20.9 Å². The zero-order chi connectivity index (χ0) is 48.9. The summed E-state index contributed by atoms with van der Waals surface area (Å²) in [5.74, 6) is 2.10. The number of carbonyl (C=O) groups excluding carboxylic acids is 3. The minimum absolute atomic E-state index is 0.0395. The second kappa shape index (κ2) is 19.7. The van der Waals surface area contributed by atoms with Gasteiger partial charge in [0.1, 0.15) is 5.60 Å². The molecule has 3 N–H and O–H groups in total. The van der Waals surface area contributed by atoms with Crippen LogP contribution in [0, 0.1) is 46.3 Å². The molecule has 14 nitrogen and oxygen atoms in total. The number of nitrogens with one attached hydrogen (secondary N) is 3. The van der Waals surface area contributed by atoms with E-state index in [-0.39, 0.29) is 65.4 Å². The van der Waals surface area contributed by atoms with Gasteiger partial charge in [-0.2, -0.15) is 0 Å². The van der Waals surface area contributed by atoms with Crippen molar-refractivity contribution in [3.8, 4) is 0 Å². The fourth-order valence-electron chi connectivity index (χ4n) is 13.4. The number of nitrogens with zero attached hydrogens (tertiary/aromatic N) is 1. The lowest BCUT2D eigenvalue weighted by atomic mass is 9.43. The van der Waals surface area contributed by atoms with Crippen LogP contribution in [-0.2, 0) is 45.7 Å². The Kier molecular flexibility index (Phi) is 14.3. The molecule has 2 aromatic rings. The zero-order valence-corrected chi connectivity index (χ0v) is 42.6. The van der Waals surface area contributed by atoms with E-state index in [4.69, 9.17) is 32.8 Å². The van der Waals surface area contributed by atoms with E-state index in [1.807, 2.05) is 69.3 Å². The van der Waals surface area contributed by atoms with E-state index in [9.17, 15) is 14.4 Å². The van der Waals surface area contributed by atoms with Crippen LogP contribution >= 0.6 is 0 Å². The van der Waals surface area contributed by atoms with Crippen LogP contribution in [0.1, 0.15) is 112 Å². The highest BCUT2D eigenvalue weighted by molar-refractivity contribution is 6.48. The van der Waals surface area contributed by atoms with Gasteiger partial charge in [-0.05, 0) is 138 Å². The molecular weight excluding hydrogens is 874 g/mol. The summed E-state index contributed by atoms with van der Waals surface area (Å²) in [6.07, 6.45) is 6.41. The minimum atomic E-state index is -0.540. The lowest BCUT2D eigenvalue weighted by molar-refractivity contribution is -0.199. The Morgan fingerprint density at radius 3 is 1.62 bits per heavy atom. The highest BCUT2D eigenvalue weighted by atomic mass is 16.7. The predicted molar refractivity (Wildman–Crippen MR) is 264 cm³/mol. The third-order valence-corrected chi connectivity index (χ3v) is 17.8. The standard InChI is InChI=1S/C29H43BN2O6.C24H35BN2O4/c1-27(2,3)36-26(34)32-13-12-20(17-32)18-35-25(33)31-24(14-19-10-8-7-9-11-19)30-37-23-16-21-15-22(28(21,4)5)29(23,6)38-30;1-23(2)18-12-19(23)24(3)20(13-18)30-25(31-24)21(11-16-7-5-4-6-8-16)27-22(28)29-15-17-9-10-26-14-17/h7-11,20-24H,12-18H2,1-6H3,(H,31,33);4-8,17-21,26H,9-15H2,1-3H3,(H,27,28)/t20-,21-,22-,23+,24-,29-;17-,18-,19-,20+,21-,24-/m00/s1. The average molecular weight is 953 g/mol. The van der Waals surface area contributed by atoms with Gasteiger partial charge in [-0.3, -0.25) is 0 Å². The van der Waals surface area contributed by atoms with Crippen LogP contribution in [0.4, 0.5) is 14.4 Å². The first kappa shape index (κ1) is 50.1. The monoisotopic (exact) mass is 953 g/mol. The molecule has 3 amide bonds. The van der Waals surface area contributed by atoms with Crippen LogP contribution in [0.2, 0.25) is 0 Å². The van der Waals surface area contributed by atoms with Crippen LogP contribution in [0.5, 0.6) is 0 Å². The third-order valence-electron chi connectivity index (χ3n) is 17.8. The second-order valence-corrected chi connectivity index (χ2v) is 24.2. The van der Waals surface area contributed by atoms with Gasteiger partial charge in [0.25, 0.3) is 0 Å². The molecule has 4 saturated heterocycles. The van der Waals surface area contributed by atoms with E-state index in [2.05, 4.69) is 69.6 Å². The van der Waals surface area contributed by atoms with Crippen LogP contribution in [0.15, 0.2) is 60.7 Å². The molecule has 0 spiro atoms. The van der Waals surface area contributed by atoms with Gasteiger partial charge < -0.3 is 53.7 Å². The van der Waals surface area contributed by atoms with E-state index >= 15 is 0 Å². The maximum atomic E-state index is 13.0. The molecule has 10 aliphatic rings. The summed E-state index contributed by atoms with van der Waals surface area (Å²) in [4.78, 5) is 39.7. The molecule has 0 aromatic heterocycles. The Hall–Kier alpha value is -3.82. The molecule has 6 aliphatic carbocycles. The summed E-state index contributed by atoms with van der Waals surface area (Å²) in [6.45, 7) is 23.1. The van der Waals surface area contributed by atoms with Crippen molar-refractivity contribution in [2.75, 3.05) is 39.4 Å². The molecule has 4 heterocycles. The molecule has 4 aliphatic heterocycles. The van der Waals surface area contributed by atoms with Crippen molar-refractivity contribution < 1.29 is 47.2 Å². The first-order chi connectivity index (χ1) is 32.7. The first-order valence-electron chi connectivity index (χ1n) is 26.0. The van der Waals surface area contributed by atoms with Crippen molar-refractivity contribution in [2.45, 2.75) is 155 Å². The molecule has 0 radical (unpaired) electrons. The fraction of sp³-hybridized carbons (Fsp3) is 0.717. The number of ether oxygens (including phenoxy) is 3. The summed E-state index contributed by atoms with van der Waals surface area (Å²) < 4.78 is 43.0. The topological polar surface area (TPSA) is 155 Å². The van der Waals surface area contributed by atoms with Gasteiger partial charge in [0.2, 0.25) is 0 Å². The van der Waals surface area contributed by atoms with E-state index in [0.29, 0.717) is 67.5 Å². The number of benzene rings is 2. The molecule has 12 atom stereocenters. The first-order valence-corrected chi connectivity index (χ1v) is 26.0. The van der Waals surface area contributed by atoms with Gasteiger partial charge in [0.05, 0.1) is 48.5 Å². The van der Waals surface area contributed by atoms with Crippen molar-refractivity contribution in [3.63, 3.8) is 0 Å². The second-order valence-electron chi connectivity index (χ2n) is 24.2. The van der Waals surface area contributed by atoms with Crippen molar-refractivity contribution in [2.24, 2.45) is 46.3 Å². The van der Waals surface area contributed by atoms with Gasteiger partial charge in [-0.15, -0.1) is 0 Å². The van der Waals surface area contributed by atoms with Crippen LogP contribution in [0.3, 0.4) is 0 Å². The van der Waals surface area contributed by atoms with Gasteiger partial charge in [-0.25, -0.2) is 14.4 Å². The van der Waals surface area contributed by atoms with Gasteiger partial charge >= 0.3 is 32.5 Å². The summed E-state index contributed by atoms with van der Waals surface area (Å²) in [7, 11) is -1.01. The molecule has 6 saturated carbocycles. The predicted octanol–water partition coefficient (Wildman–Crippen LogP) is 8.05. The average Bonchev–Trinajstić information content (AvgIpc) is 4.13. The summed E-state index contributed by atoms with van der Waals surface area (Å²) >= 11 is 0. The molecule has 69 heavy (non-hydrogen) atoms. The number of likely N-dealkylation sites (tertiary alicyclic amines) is 1. The van der Waals surface area contributed by atoms with Crippen molar-refractivity contribution >= 4 is 32.5 Å². The fourth-order valence-corrected chi connectivity index (χ4v) is 13.4. The number of alkyl carbamates (subject to hydrolysis) is 2. The van der Waals surface area contributed by atoms with Crippen LogP contribution in [0.25, 0.3) is 0 Å². The number of rotatable bonds is 12. The maximum absolute atomic E-state index is 13.0. The third kappa shape index (κ3) is 10.6. The van der Waals surface area contributed by atoms with Gasteiger partial charge in [0.15, 0.2) is 0 Å². The largest absolute Gasteiger partial charge is 0.482 e. The van der Waals surface area contributed by atoms with Gasteiger partial charge in [-0.1, -0.05) is 88.4 Å². The number of hydrogen-bond donors (Lipinski definition) is 3. The van der Waals surface area contributed by atoms with Crippen molar-refractivity contribution in [3.05, 3.63) is 71.8 Å². The highest BCUT2D eigenvalue weighted by Gasteiger charge is 2.70. The Morgan fingerprint density at radius 1 is 0.710 bits per heavy atom. The molecule has 16 heteroatoms. The molecule has 2 aromatic carbocycles. The molecule has 0 unspecified atom stereocenters. The van der Waals surface area contributed by atoms with E-state index in [1.54, 1.807) is 4.90 Å². The Bertz CT molecular complexity index is 2120. The summed E-state index contributed by atoms with van der Waals surface area (Å²) in [5.41, 5.74) is 1.61. The normalized spacial score (nSPS) is 34.1. The molecule has 10 fully saturated rings. The van der Waals surface area contributed by atoms with Crippen LogP contribution < -0.4 is 16.0 Å². The molecular formula is C53H78B2N4O10. The van der Waals surface area contributed by atoms with Gasteiger partial charge in [0, 0.05) is 31.5 Å². The number of amides is 3. The smallest absolute Gasteiger partial charge is 0.449 e. The van der Waals surface area contributed by atoms with Crippen molar-refractivity contribution in [1.29, 1.82) is 0 Å². The Balaban J connectivity index is 0.000000175. The Morgan fingerprint density at radius 2 is 1.19 bits per heavy atom. The van der Waals surface area contributed by atoms with E-state index in [0.717, 1.165) is 49.9 Å². The maximum Gasteiger partial charge on any atom is 0.482 e. The quantitative estimate of drug-likeness (QED) is 0.140. The number of carbonyl (C=O) groups is 3. The highest BCUT2D eigenvalue weighted by Crippen LogP contribution is 2.67. The van der Waals surface area contributed by atoms with Crippen LogP contribution in [-0.4, -0.2) is 118 Å². The summed E-state index contributed by atoms with van der Waals surface area (Å²) in [5, 5.41) is 9.44. The zero-order valence-electron chi connectivity index (χ0n) is 42.6.